The Morgan fingerprint density at radius 2 is 1.56 bits per heavy atom. The van der Waals surface area contributed by atoms with Crippen molar-refractivity contribution in [1.29, 1.82) is 0 Å². The molecule has 1 aliphatic rings. The molecule has 3 rings (SSSR count). The average Bonchev–Trinajstić information content (AvgIpc) is 2.64. The van der Waals surface area contributed by atoms with Crippen LogP contribution >= 0.6 is 0 Å². The van der Waals surface area contributed by atoms with E-state index in [0.717, 1.165) is 11.3 Å². The Morgan fingerprint density at radius 3 is 2.20 bits per heavy atom. The van der Waals surface area contributed by atoms with Crippen molar-refractivity contribution >= 4 is 5.78 Å². The highest BCUT2D eigenvalue weighted by Gasteiger charge is 2.26. The summed E-state index contributed by atoms with van der Waals surface area (Å²) in [4.78, 5) is 14.6. The highest BCUT2D eigenvalue weighted by atomic mass is 16.5. The monoisotopic (exact) mass is 337 g/mol. The molecular weight excluding hydrogens is 310 g/mol. The van der Waals surface area contributed by atoms with Gasteiger partial charge in [0.05, 0.1) is 6.54 Å². The first kappa shape index (κ1) is 17.7. The van der Waals surface area contributed by atoms with Crippen LogP contribution in [-0.4, -0.2) is 35.9 Å². The molecule has 0 spiro atoms. The molecule has 0 bridgehead atoms. The van der Waals surface area contributed by atoms with Gasteiger partial charge in [-0.15, -0.1) is 0 Å². The first-order valence-electron chi connectivity index (χ1n) is 9.19. The molecule has 2 atom stereocenters. The maximum Gasteiger partial charge on any atom is 0.184 e. The smallest absolute Gasteiger partial charge is 0.184 e. The predicted octanol–water partition coefficient (Wildman–Crippen LogP) is 4.56. The number of ether oxygens (including phenoxy) is 1. The lowest BCUT2D eigenvalue weighted by atomic mass is 9.97. The maximum absolute atomic E-state index is 12.3. The zero-order valence-corrected chi connectivity index (χ0v) is 15.2. The van der Waals surface area contributed by atoms with E-state index in [2.05, 4.69) is 30.9 Å². The van der Waals surface area contributed by atoms with Crippen molar-refractivity contribution in [3.63, 3.8) is 0 Å². The van der Waals surface area contributed by atoms with E-state index in [0.29, 0.717) is 18.6 Å². The fourth-order valence-corrected chi connectivity index (χ4v) is 3.57. The largest absolute Gasteiger partial charge is 0.486 e. The highest BCUT2D eigenvalue weighted by molar-refractivity contribution is 5.82. The van der Waals surface area contributed by atoms with E-state index in [1.807, 2.05) is 42.5 Å². The van der Waals surface area contributed by atoms with E-state index in [1.165, 1.54) is 24.8 Å². The molecule has 1 fully saturated rings. The number of likely N-dealkylation sites (tertiary alicyclic amines) is 1. The third-order valence-electron chi connectivity index (χ3n) is 5.10. The standard InChI is InChI=1S/C22H27NO2/c1-17-7-6-8-18(2)23(17)15-21(24)16-25-22-13-11-20(12-14-22)19-9-4-3-5-10-19/h3-5,9-14,17-18H,6-8,15-16H2,1-2H3. The number of carbonyl (C=O) groups excluding carboxylic acids is 1. The lowest BCUT2D eigenvalue weighted by molar-refractivity contribution is -0.123. The zero-order valence-electron chi connectivity index (χ0n) is 15.2. The van der Waals surface area contributed by atoms with Crippen LogP contribution in [0, 0.1) is 0 Å². The van der Waals surface area contributed by atoms with Gasteiger partial charge in [0.2, 0.25) is 0 Å². The fourth-order valence-electron chi connectivity index (χ4n) is 3.57. The second kappa shape index (κ2) is 8.30. The summed E-state index contributed by atoms with van der Waals surface area (Å²) in [5.41, 5.74) is 2.33. The van der Waals surface area contributed by atoms with Crippen molar-refractivity contribution in [3.8, 4) is 16.9 Å². The van der Waals surface area contributed by atoms with Gasteiger partial charge in [-0.05, 0) is 49.9 Å². The van der Waals surface area contributed by atoms with Gasteiger partial charge in [-0.25, -0.2) is 0 Å². The molecule has 3 nitrogen and oxygen atoms in total. The second-order valence-corrected chi connectivity index (χ2v) is 7.02. The number of Topliss-reactive ketones (excluding diaryl/α,β-unsaturated/α-hetero) is 1. The van der Waals surface area contributed by atoms with Crippen LogP contribution in [0.3, 0.4) is 0 Å². The van der Waals surface area contributed by atoms with Crippen LogP contribution in [-0.2, 0) is 4.79 Å². The fraction of sp³-hybridized carbons (Fsp3) is 0.409. The number of nitrogens with zero attached hydrogens (tertiary/aromatic N) is 1. The number of hydrogen-bond donors (Lipinski definition) is 0. The predicted molar refractivity (Wildman–Crippen MR) is 102 cm³/mol. The van der Waals surface area contributed by atoms with Crippen molar-refractivity contribution in [1.82, 2.24) is 4.90 Å². The minimum atomic E-state index is 0.140. The summed E-state index contributed by atoms with van der Waals surface area (Å²) in [6.45, 7) is 5.06. The van der Waals surface area contributed by atoms with E-state index < -0.39 is 0 Å². The highest BCUT2D eigenvalue weighted by Crippen LogP contribution is 2.23. The van der Waals surface area contributed by atoms with Crippen molar-refractivity contribution < 1.29 is 9.53 Å². The van der Waals surface area contributed by atoms with Gasteiger partial charge in [-0.2, -0.15) is 0 Å². The lowest BCUT2D eigenvalue weighted by Gasteiger charge is -2.38. The van der Waals surface area contributed by atoms with E-state index in [4.69, 9.17) is 4.74 Å². The van der Waals surface area contributed by atoms with Crippen LogP contribution in [0.2, 0.25) is 0 Å². The Morgan fingerprint density at radius 1 is 0.960 bits per heavy atom. The van der Waals surface area contributed by atoms with Gasteiger partial charge in [0.25, 0.3) is 0 Å². The Labute approximate surface area is 150 Å². The molecule has 1 heterocycles. The third kappa shape index (κ3) is 4.70. The molecule has 3 heteroatoms. The van der Waals surface area contributed by atoms with E-state index in [-0.39, 0.29) is 12.4 Å². The van der Waals surface area contributed by atoms with Gasteiger partial charge >= 0.3 is 0 Å². The summed E-state index contributed by atoms with van der Waals surface area (Å²) >= 11 is 0. The van der Waals surface area contributed by atoms with Gasteiger partial charge < -0.3 is 4.74 Å². The second-order valence-electron chi connectivity index (χ2n) is 7.02. The summed E-state index contributed by atoms with van der Waals surface area (Å²) in [6, 6.07) is 19.1. The number of ketones is 1. The molecule has 2 aromatic carbocycles. The summed E-state index contributed by atoms with van der Waals surface area (Å²) in [6.07, 6.45) is 3.62. The molecule has 0 saturated carbocycles. The molecular formula is C22H27NO2. The van der Waals surface area contributed by atoms with Crippen LogP contribution in [0.25, 0.3) is 11.1 Å². The minimum absolute atomic E-state index is 0.140. The van der Waals surface area contributed by atoms with Crippen LogP contribution in [0.15, 0.2) is 54.6 Å². The van der Waals surface area contributed by atoms with Gasteiger partial charge in [0, 0.05) is 12.1 Å². The van der Waals surface area contributed by atoms with Crippen LogP contribution < -0.4 is 4.74 Å². The average molecular weight is 337 g/mol. The summed E-state index contributed by atoms with van der Waals surface area (Å²) in [7, 11) is 0. The molecule has 2 aromatic rings. The summed E-state index contributed by atoms with van der Waals surface area (Å²) in [5, 5.41) is 0. The first-order valence-corrected chi connectivity index (χ1v) is 9.19. The van der Waals surface area contributed by atoms with Crippen LogP contribution in [0.1, 0.15) is 33.1 Å². The van der Waals surface area contributed by atoms with Gasteiger partial charge in [0.1, 0.15) is 12.4 Å². The van der Waals surface area contributed by atoms with Crippen LogP contribution in [0.5, 0.6) is 5.75 Å². The molecule has 0 aromatic heterocycles. The molecule has 0 radical (unpaired) electrons. The molecule has 1 aliphatic heterocycles. The Kier molecular flexibility index (Phi) is 5.87. The van der Waals surface area contributed by atoms with E-state index in [1.54, 1.807) is 0 Å². The Balaban J connectivity index is 1.52. The third-order valence-corrected chi connectivity index (χ3v) is 5.10. The van der Waals surface area contributed by atoms with E-state index >= 15 is 0 Å². The normalized spacial score (nSPS) is 21.0. The quantitative estimate of drug-likeness (QED) is 0.773. The molecule has 1 saturated heterocycles. The maximum atomic E-state index is 12.3. The first-order chi connectivity index (χ1) is 12.1. The number of piperidine rings is 1. The number of hydrogen-bond acceptors (Lipinski definition) is 3. The number of benzene rings is 2. The SMILES string of the molecule is CC1CCCC(C)N1CC(=O)COc1ccc(-c2ccccc2)cc1. The lowest BCUT2D eigenvalue weighted by Crippen LogP contribution is -2.47. The van der Waals surface area contributed by atoms with Crippen molar-refractivity contribution in [2.75, 3.05) is 13.2 Å². The molecule has 0 aliphatic carbocycles. The van der Waals surface area contributed by atoms with Crippen molar-refractivity contribution in [2.45, 2.75) is 45.2 Å². The van der Waals surface area contributed by atoms with Gasteiger partial charge in [0.15, 0.2) is 5.78 Å². The van der Waals surface area contributed by atoms with Crippen LogP contribution in [0.4, 0.5) is 0 Å². The summed E-state index contributed by atoms with van der Waals surface area (Å²) in [5.74, 6) is 0.889. The van der Waals surface area contributed by atoms with E-state index in [9.17, 15) is 4.79 Å². The molecule has 2 unspecified atom stereocenters. The Bertz CT molecular complexity index is 671. The van der Waals surface area contributed by atoms with Crippen molar-refractivity contribution in [2.24, 2.45) is 0 Å². The summed E-state index contributed by atoms with van der Waals surface area (Å²) < 4.78 is 5.69. The topological polar surface area (TPSA) is 29.5 Å². The van der Waals surface area contributed by atoms with Gasteiger partial charge in [-0.3, -0.25) is 9.69 Å². The molecule has 25 heavy (non-hydrogen) atoms. The molecule has 132 valence electrons. The number of carbonyl (C=O) groups is 1. The Hall–Kier alpha value is -2.13. The minimum Gasteiger partial charge on any atom is -0.486 e. The molecule has 0 N–H and O–H groups in total. The molecule has 0 amide bonds. The zero-order chi connectivity index (χ0) is 17.6. The number of rotatable bonds is 6. The van der Waals surface area contributed by atoms with Gasteiger partial charge in [-0.1, -0.05) is 48.9 Å². The van der Waals surface area contributed by atoms with Crippen molar-refractivity contribution in [3.05, 3.63) is 54.6 Å².